The number of amides is 1. The van der Waals surface area contributed by atoms with E-state index in [9.17, 15) is 21.6 Å². The Bertz CT molecular complexity index is 1390. The van der Waals surface area contributed by atoms with Gasteiger partial charge in [0.1, 0.15) is 4.90 Å². The van der Waals surface area contributed by atoms with E-state index in [1.54, 1.807) is 44.2 Å². The minimum Gasteiger partial charge on any atom is -0.326 e. The molecule has 1 amide bonds. The Morgan fingerprint density at radius 2 is 1.45 bits per heavy atom. The van der Waals surface area contributed by atoms with Gasteiger partial charge in [-0.25, -0.2) is 16.8 Å². The number of anilines is 3. The minimum atomic E-state index is -4.03. The summed E-state index contributed by atoms with van der Waals surface area (Å²) in [6.45, 7) is 4.85. The monoisotopic (exact) mass is 488 g/mol. The summed E-state index contributed by atoms with van der Waals surface area (Å²) < 4.78 is 54.1. The second kappa shape index (κ2) is 9.61. The first-order chi connectivity index (χ1) is 15.5. The minimum absolute atomic E-state index is 0.0557. The van der Waals surface area contributed by atoms with E-state index in [0.29, 0.717) is 16.9 Å². The number of hydrogen-bond donors (Lipinski definition) is 4. The summed E-state index contributed by atoms with van der Waals surface area (Å²) in [4.78, 5) is 13.1. The van der Waals surface area contributed by atoms with E-state index >= 15 is 0 Å². The van der Waals surface area contributed by atoms with Crippen LogP contribution in [0.4, 0.5) is 17.1 Å². The number of aryl methyl sites for hydroxylation is 2. The SMILES string of the molecule is CC(=O)Nc1ccc(S(=O)(=O)NNc2ccc(C)cc2S(=O)(=O)Nc2ccccc2C)cc1. The normalized spacial score (nSPS) is 11.6. The number of nitrogens with one attached hydrogen (secondary N) is 4. The number of hydrogen-bond acceptors (Lipinski definition) is 6. The molecule has 9 nitrogen and oxygen atoms in total. The number of carbonyl (C=O) groups excluding carboxylic acids is 1. The zero-order valence-electron chi connectivity index (χ0n) is 18.2. The van der Waals surface area contributed by atoms with Crippen molar-refractivity contribution in [1.82, 2.24) is 4.83 Å². The molecule has 0 saturated heterocycles. The van der Waals surface area contributed by atoms with Crippen molar-refractivity contribution in [3.8, 4) is 0 Å². The van der Waals surface area contributed by atoms with Gasteiger partial charge in [-0.1, -0.05) is 24.3 Å². The summed E-state index contributed by atoms with van der Waals surface area (Å²) in [6, 6.07) is 17.0. The van der Waals surface area contributed by atoms with E-state index < -0.39 is 20.0 Å². The van der Waals surface area contributed by atoms with Gasteiger partial charge in [0.2, 0.25) is 5.91 Å². The molecule has 0 radical (unpaired) electrons. The van der Waals surface area contributed by atoms with Crippen molar-refractivity contribution < 1.29 is 21.6 Å². The summed E-state index contributed by atoms with van der Waals surface area (Å²) in [7, 11) is -8.06. The molecule has 0 fully saturated rings. The zero-order valence-corrected chi connectivity index (χ0v) is 19.8. The molecule has 0 aliphatic heterocycles. The van der Waals surface area contributed by atoms with Gasteiger partial charge in [-0.05, 0) is 67.4 Å². The van der Waals surface area contributed by atoms with Crippen molar-refractivity contribution in [2.45, 2.75) is 30.6 Å². The Morgan fingerprint density at radius 1 is 0.788 bits per heavy atom. The van der Waals surface area contributed by atoms with Crippen LogP contribution < -0.4 is 20.3 Å². The van der Waals surface area contributed by atoms with Crippen molar-refractivity contribution in [3.05, 3.63) is 77.9 Å². The summed E-state index contributed by atoms with van der Waals surface area (Å²) in [5, 5.41) is 2.55. The molecule has 4 N–H and O–H groups in total. The van der Waals surface area contributed by atoms with E-state index in [1.807, 2.05) is 0 Å². The summed E-state index contributed by atoms with van der Waals surface area (Å²) in [5.41, 5.74) is 4.86. The van der Waals surface area contributed by atoms with E-state index in [2.05, 4.69) is 20.3 Å². The van der Waals surface area contributed by atoms with E-state index in [4.69, 9.17) is 0 Å². The summed E-state index contributed by atoms with van der Waals surface area (Å²) in [5.74, 6) is -0.280. The van der Waals surface area contributed by atoms with Crippen LogP contribution in [0.25, 0.3) is 0 Å². The van der Waals surface area contributed by atoms with Crippen molar-refractivity contribution in [1.29, 1.82) is 0 Å². The number of hydrazine groups is 1. The highest BCUT2D eigenvalue weighted by Gasteiger charge is 2.21. The highest BCUT2D eigenvalue weighted by atomic mass is 32.2. The molecule has 0 aliphatic rings. The second-order valence-electron chi connectivity index (χ2n) is 7.36. The molecule has 0 heterocycles. The van der Waals surface area contributed by atoms with Crippen LogP contribution in [0.5, 0.6) is 0 Å². The molecule has 0 aliphatic carbocycles. The largest absolute Gasteiger partial charge is 0.326 e. The van der Waals surface area contributed by atoms with E-state index in [-0.39, 0.29) is 21.4 Å². The predicted molar refractivity (Wildman–Crippen MR) is 128 cm³/mol. The molecular weight excluding hydrogens is 464 g/mol. The summed E-state index contributed by atoms with van der Waals surface area (Å²) in [6.07, 6.45) is 0. The van der Waals surface area contributed by atoms with Gasteiger partial charge in [0.25, 0.3) is 20.0 Å². The molecule has 0 atom stereocenters. The lowest BCUT2D eigenvalue weighted by Crippen LogP contribution is -2.30. The van der Waals surface area contributed by atoms with Crippen LogP contribution in [0.2, 0.25) is 0 Å². The number of carbonyl (C=O) groups is 1. The fourth-order valence-corrected chi connectivity index (χ4v) is 5.18. The van der Waals surface area contributed by atoms with Gasteiger partial charge >= 0.3 is 0 Å². The fourth-order valence-electron chi connectivity index (χ4n) is 2.94. The molecule has 3 aromatic rings. The first kappa shape index (κ1) is 24.2. The zero-order chi connectivity index (χ0) is 24.2. The van der Waals surface area contributed by atoms with Crippen molar-refractivity contribution in [2.24, 2.45) is 0 Å². The quantitative estimate of drug-likeness (QED) is 0.359. The number of rotatable bonds is 8. The molecule has 0 spiro atoms. The maximum Gasteiger partial charge on any atom is 0.264 e. The van der Waals surface area contributed by atoms with Gasteiger partial charge < -0.3 is 10.7 Å². The second-order valence-corrected chi connectivity index (χ2v) is 10.7. The van der Waals surface area contributed by atoms with Crippen LogP contribution in [0.3, 0.4) is 0 Å². The molecule has 3 rings (SSSR count). The molecule has 0 bridgehead atoms. The highest BCUT2D eigenvalue weighted by Crippen LogP contribution is 2.26. The Kier molecular flexibility index (Phi) is 7.06. The molecule has 0 saturated carbocycles. The van der Waals surface area contributed by atoms with Crippen molar-refractivity contribution >= 4 is 43.0 Å². The van der Waals surface area contributed by atoms with Crippen LogP contribution in [-0.2, 0) is 24.8 Å². The number of para-hydroxylation sites is 1. The van der Waals surface area contributed by atoms with Crippen LogP contribution >= 0.6 is 0 Å². The molecule has 0 unspecified atom stereocenters. The summed E-state index contributed by atoms with van der Waals surface area (Å²) >= 11 is 0. The molecule has 174 valence electrons. The van der Waals surface area contributed by atoms with Gasteiger partial charge in [0.05, 0.1) is 16.3 Å². The molecule has 11 heteroatoms. The predicted octanol–water partition coefficient (Wildman–Crippen LogP) is 3.37. The molecule has 0 aromatic heterocycles. The number of sulfonamides is 2. The molecule has 3 aromatic carbocycles. The average Bonchev–Trinajstić information content (AvgIpc) is 2.74. The lowest BCUT2D eigenvalue weighted by molar-refractivity contribution is -0.114. The molecule has 33 heavy (non-hydrogen) atoms. The van der Waals surface area contributed by atoms with Gasteiger partial charge in [-0.2, -0.15) is 0 Å². The first-order valence-corrected chi connectivity index (χ1v) is 12.8. The van der Waals surface area contributed by atoms with Crippen LogP contribution in [-0.4, -0.2) is 22.7 Å². The first-order valence-electron chi connectivity index (χ1n) is 9.82. The van der Waals surface area contributed by atoms with Gasteiger partial charge in [0.15, 0.2) is 0 Å². The highest BCUT2D eigenvalue weighted by molar-refractivity contribution is 7.93. The Balaban J connectivity index is 1.84. The maximum absolute atomic E-state index is 13.1. The van der Waals surface area contributed by atoms with Crippen LogP contribution in [0.15, 0.2) is 76.5 Å². The Morgan fingerprint density at radius 3 is 2.09 bits per heavy atom. The molecular formula is C22H24N4O5S2. The van der Waals surface area contributed by atoms with Crippen LogP contribution in [0, 0.1) is 13.8 Å². The Labute approximate surface area is 193 Å². The van der Waals surface area contributed by atoms with Crippen molar-refractivity contribution in [3.63, 3.8) is 0 Å². The third-order valence-corrected chi connectivity index (χ3v) is 7.29. The van der Waals surface area contributed by atoms with Crippen LogP contribution in [0.1, 0.15) is 18.1 Å². The van der Waals surface area contributed by atoms with E-state index in [0.717, 1.165) is 5.56 Å². The number of benzene rings is 3. The van der Waals surface area contributed by atoms with Gasteiger partial charge in [-0.3, -0.25) is 9.52 Å². The topological polar surface area (TPSA) is 133 Å². The maximum atomic E-state index is 13.1. The lowest BCUT2D eigenvalue weighted by Gasteiger charge is -2.16. The lowest BCUT2D eigenvalue weighted by atomic mass is 10.2. The smallest absolute Gasteiger partial charge is 0.264 e. The third-order valence-electron chi connectivity index (χ3n) is 4.62. The van der Waals surface area contributed by atoms with E-state index in [1.165, 1.54) is 43.3 Å². The van der Waals surface area contributed by atoms with Crippen molar-refractivity contribution in [2.75, 3.05) is 15.5 Å². The average molecular weight is 489 g/mol. The van der Waals surface area contributed by atoms with Gasteiger partial charge in [-0.15, -0.1) is 4.83 Å². The standard InChI is InChI=1S/C22H24N4O5S2/c1-15-8-13-21(22(14-15)33(30,31)25-20-7-5-4-6-16(20)2)24-26-32(28,29)19-11-9-18(10-12-19)23-17(3)27/h4-14,24-26H,1-3H3,(H,23,27). The third kappa shape index (κ3) is 6.09. The fraction of sp³-hybridized carbons (Fsp3) is 0.136. The van der Waals surface area contributed by atoms with Gasteiger partial charge in [0, 0.05) is 12.6 Å². The Hall–Kier alpha value is -3.41.